The van der Waals surface area contributed by atoms with Crippen molar-refractivity contribution < 1.29 is 5.11 Å². The Labute approximate surface area is 123 Å². The summed E-state index contributed by atoms with van der Waals surface area (Å²) in [5.74, 6) is 0.433. The lowest BCUT2D eigenvalue weighted by Gasteiger charge is -2.29. The molecule has 1 aliphatic heterocycles. The molecular formula is C17H28N2O. The Morgan fingerprint density at radius 2 is 1.95 bits per heavy atom. The van der Waals surface area contributed by atoms with E-state index in [-0.39, 0.29) is 0 Å². The molecule has 2 N–H and O–H groups in total. The van der Waals surface area contributed by atoms with Crippen molar-refractivity contribution in [3.8, 4) is 5.75 Å². The molecule has 1 aromatic rings. The van der Waals surface area contributed by atoms with Gasteiger partial charge in [-0.25, -0.2) is 0 Å². The van der Waals surface area contributed by atoms with E-state index in [0.29, 0.717) is 17.8 Å². The van der Waals surface area contributed by atoms with Crippen molar-refractivity contribution in [2.24, 2.45) is 0 Å². The Morgan fingerprint density at radius 3 is 2.45 bits per heavy atom. The first kappa shape index (κ1) is 15.3. The van der Waals surface area contributed by atoms with E-state index in [1.54, 1.807) is 0 Å². The lowest BCUT2D eigenvalue weighted by atomic mass is 10.0. The molecule has 0 bridgehead atoms. The molecule has 3 nitrogen and oxygen atoms in total. The van der Waals surface area contributed by atoms with E-state index in [4.69, 9.17) is 0 Å². The van der Waals surface area contributed by atoms with E-state index >= 15 is 0 Å². The quantitative estimate of drug-likeness (QED) is 0.868. The molecule has 1 unspecified atom stereocenters. The van der Waals surface area contributed by atoms with Crippen molar-refractivity contribution in [3.05, 3.63) is 28.8 Å². The second-order valence-corrected chi connectivity index (χ2v) is 6.39. The van der Waals surface area contributed by atoms with Crippen LogP contribution in [0.2, 0.25) is 0 Å². The van der Waals surface area contributed by atoms with Crippen LogP contribution in [0.25, 0.3) is 0 Å². The van der Waals surface area contributed by atoms with Crippen LogP contribution in [0, 0.1) is 13.8 Å². The van der Waals surface area contributed by atoms with Crippen LogP contribution in [0.15, 0.2) is 12.1 Å². The topological polar surface area (TPSA) is 35.5 Å². The van der Waals surface area contributed by atoms with Gasteiger partial charge in [-0.05, 0) is 63.8 Å². The van der Waals surface area contributed by atoms with E-state index in [2.05, 4.69) is 36.2 Å². The summed E-state index contributed by atoms with van der Waals surface area (Å²) in [4.78, 5) is 2.52. The number of phenols is 1. The van der Waals surface area contributed by atoms with Crippen LogP contribution < -0.4 is 5.32 Å². The van der Waals surface area contributed by atoms with Crippen molar-refractivity contribution in [3.63, 3.8) is 0 Å². The van der Waals surface area contributed by atoms with Gasteiger partial charge in [0, 0.05) is 25.2 Å². The number of rotatable bonds is 5. The normalized spacial score (nSPS) is 19.2. The molecule has 0 radical (unpaired) electrons. The molecule has 1 fully saturated rings. The molecule has 1 heterocycles. The molecule has 112 valence electrons. The highest BCUT2D eigenvalue weighted by Gasteiger charge is 2.20. The molecular weight excluding hydrogens is 248 g/mol. The van der Waals surface area contributed by atoms with E-state index in [0.717, 1.165) is 30.8 Å². The van der Waals surface area contributed by atoms with Gasteiger partial charge in [0.25, 0.3) is 0 Å². The van der Waals surface area contributed by atoms with Gasteiger partial charge in [0.2, 0.25) is 0 Å². The molecule has 20 heavy (non-hydrogen) atoms. The Hall–Kier alpha value is -1.06. The maximum Gasteiger partial charge on any atom is 0.121 e. The summed E-state index contributed by atoms with van der Waals surface area (Å²) < 4.78 is 0. The first-order valence-electron chi connectivity index (χ1n) is 7.74. The van der Waals surface area contributed by atoms with Crippen LogP contribution in [0.5, 0.6) is 5.75 Å². The number of aromatic hydroxyl groups is 1. The zero-order valence-electron chi connectivity index (χ0n) is 13.2. The van der Waals surface area contributed by atoms with Crippen molar-refractivity contribution in [2.75, 3.05) is 13.1 Å². The van der Waals surface area contributed by atoms with E-state index in [1.807, 2.05) is 13.8 Å². The summed E-state index contributed by atoms with van der Waals surface area (Å²) in [7, 11) is 0. The SMILES string of the molecule is Cc1cc(CN(CC2CCCN2)C(C)C)cc(C)c1O. The van der Waals surface area contributed by atoms with Gasteiger partial charge in [-0.1, -0.05) is 12.1 Å². The third-order valence-corrected chi connectivity index (χ3v) is 4.28. The largest absolute Gasteiger partial charge is 0.507 e. The standard InChI is InChI=1S/C17H28N2O/c1-12(2)19(11-16-6-5-7-18-16)10-15-8-13(3)17(20)14(4)9-15/h8-9,12,16,18,20H,5-7,10-11H2,1-4H3. The fourth-order valence-corrected chi connectivity index (χ4v) is 3.02. The first-order chi connectivity index (χ1) is 9.47. The van der Waals surface area contributed by atoms with Crippen LogP contribution in [0.3, 0.4) is 0 Å². The molecule has 2 rings (SSSR count). The molecule has 1 aromatic carbocycles. The van der Waals surface area contributed by atoms with Crippen LogP contribution in [-0.2, 0) is 6.54 Å². The number of benzene rings is 1. The van der Waals surface area contributed by atoms with Gasteiger partial charge in [0.05, 0.1) is 0 Å². The summed E-state index contributed by atoms with van der Waals surface area (Å²) in [5, 5.41) is 13.5. The van der Waals surface area contributed by atoms with E-state index in [1.165, 1.54) is 18.4 Å². The number of hydrogen-bond acceptors (Lipinski definition) is 3. The molecule has 0 aromatic heterocycles. The molecule has 0 spiro atoms. The lowest BCUT2D eigenvalue weighted by Crippen LogP contribution is -2.40. The minimum atomic E-state index is 0.433. The summed E-state index contributed by atoms with van der Waals surface area (Å²) in [6, 6.07) is 5.39. The number of hydrogen-bond donors (Lipinski definition) is 2. The molecule has 1 aliphatic rings. The fourth-order valence-electron chi connectivity index (χ4n) is 3.02. The maximum atomic E-state index is 9.88. The molecule has 1 saturated heterocycles. The highest BCUT2D eigenvalue weighted by atomic mass is 16.3. The monoisotopic (exact) mass is 276 g/mol. The second kappa shape index (κ2) is 6.59. The number of phenolic OH excluding ortho intramolecular Hbond substituents is 1. The van der Waals surface area contributed by atoms with Crippen LogP contribution in [0.1, 0.15) is 43.4 Å². The Morgan fingerprint density at radius 1 is 1.30 bits per heavy atom. The van der Waals surface area contributed by atoms with E-state index in [9.17, 15) is 5.11 Å². The molecule has 0 saturated carbocycles. The molecule has 1 atom stereocenters. The molecule has 0 aliphatic carbocycles. The average molecular weight is 276 g/mol. The summed E-state index contributed by atoms with van der Waals surface area (Å²) in [6.45, 7) is 11.7. The zero-order valence-corrected chi connectivity index (χ0v) is 13.2. The number of aryl methyl sites for hydroxylation is 2. The smallest absolute Gasteiger partial charge is 0.121 e. The van der Waals surface area contributed by atoms with Gasteiger partial charge in [-0.3, -0.25) is 4.90 Å². The second-order valence-electron chi connectivity index (χ2n) is 6.39. The third-order valence-electron chi connectivity index (χ3n) is 4.28. The number of nitrogens with zero attached hydrogens (tertiary/aromatic N) is 1. The first-order valence-corrected chi connectivity index (χ1v) is 7.74. The molecule has 3 heteroatoms. The van der Waals surface area contributed by atoms with Crippen LogP contribution in [0.4, 0.5) is 0 Å². The van der Waals surface area contributed by atoms with Crippen molar-refractivity contribution >= 4 is 0 Å². The average Bonchev–Trinajstić information content (AvgIpc) is 2.88. The van der Waals surface area contributed by atoms with Gasteiger partial charge in [0.15, 0.2) is 0 Å². The lowest BCUT2D eigenvalue weighted by molar-refractivity contribution is 0.194. The zero-order chi connectivity index (χ0) is 14.7. The predicted octanol–water partition coefficient (Wildman–Crippen LogP) is 2.97. The minimum Gasteiger partial charge on any atom is -0.507 e. The van der Waals surface area contributed by atoms with Crippen LogP contribution >= 0.6 is 0 Å². The Balaban J connectivity index is 2.07. The summed E-state index contributed by atoms with van der Waals surface area (Å²) in [6.07, 6.45) is 2.59. The fraction of sp³-hybridized carbons (Fsp3) is 0.647. The third kappa shape index (κ3) is 3.74. The summed E-state index contributed by atoms with van der Waals surface area (Å²) in [5.41, 5.74) is 3.25. The van der Waals surface area contributed by atoms with Crippen LogP contribution in [-0.4, -0.2) is 35.2 Å². The van der Waals surface area contributed by atoms with Gasteiger partial charge in [-0.15, -0.1) is 0 Å². The number of nitrogens with one attached hydrogen (secondary N) is 1. The highest BCUT2D eigenvalue weighted by Crippen LogP contribution is 2.24. The van der Waals surface area contributed by atoms with E-state index < -0.39 is 0 Å². The van der Waals surface area contributed by atoms with Gasteiger partial charge in [0.1, 0.15) is 5.75 Å². The van der Waals surface area contributed by atoms with Gasteiger partial charge in [-0.2, -0.15) is 0 Å². The van der Waals surface area contributed by atoms with Crippen molar-refractivity contribution in [1.29, 1.82) is 0 Å². The van der Waals surface area contributed by atoms with Crippen molar-refractivity contribution in [1.82, 2.24) is 10.2 Å². The highest BCUT2D eigenvalue weighted by molar-refractivity contribution is 5.42. The Bertz CT molecular complexity index is 427. The van der Waals surface area contributed by atoms with Gasteiger partial charge >= 0.3 is 0 Å². The minimum absolute atomic E-state index is 0.433. The summed E-state index contributed by atoms with van der Waals surface area (Å²) >= 11 is 0. The Kier molecular flexibility index (Phi) is 5.06. The van der Waals surface area contributed by atoms with Gasteiger partial charge < -0.3 is 10.4 Å². The molecule has 0 amide bonds. The van der Waals surface area contributed by atoms with Crippen molar-refractivity contribution in [2.45, 2.75) is 59.2 Å². The maximum absolute atomic E-state index is 9.88. The predicted molar refractivity (Wildman–Crippen MR) is 84.2 cm³/mol.